The van der Waals surface area contributed by atoms with Crippen LogP contribution in [0, 0.1) is 0 Å². The minimum Gasteiger partial charge on any atom is -0.371 e. The first-order chi connectivity index (χ1) is 12.4. The van der Waals surface area contributed by atoms with Gasteiger partial charge in [0.25, 0.3) is 0 Å². The van der Waals surface area contributed by atoms with E-state index in [2.05, 4.69) is 33.1 Å². The fourth-order valence-electron chi connectivity index (χ4n) is 3.00. The Morgan fingerprint density at radius 3 is 2.73 bits per heavy atom. The number of aliphatic imine (C=N–C) groups is 1. The van der Waals surface area contributed by atoms with E-state index in [-0.39, 0.29) is 6.04 Å². The minimum absolute atomic E-state index is 0.0186. The first-order valence-corrected chi connectivity index (χ1v) is 10.6. The number of benzene rings is 1. The van der Waals surface area contributed by atoms with Crippen molar-refractivity contribution in [3.05, 3.63) is 53.4 Å². The van der Waals surface area contributed by atoms with Gasteiger partial charge in [0, 0.05) is 19.3 Å². The molecule has 0 spiro atoms. The van der Waals surface area contributed by atoms with Gasteiger partial charge < -0.3 is 21.7 Å². The van der Waals surface area contributed by atoms with Crippen molar-refractivity contribution in [2.24, 2.45) is 10.7 Å². The van der Waals surface area contributed by atoms with E-state index >= 15 is 0 Å². The average Bonchev–Trinajstić information content (AvgIpc) is 2.62. The maximum atomic E-state index is 11.5. The standard InChI is InChI=1S/C18H25N5O2S/c1-26(24,25)15-4-2-13(3-5-15)6-11-21-17-12-16(22-18(19)23-17)14-7-9-20-10-8-14/h2-5,7,12,16,20-21H,6,8-11H2,1H3,(H3,19,22,23). The van der Waals surface area contributed by atoms with Crippen LogP contribution >= 0.6 is 0 Å². The van der Waals surface area contributed by atoms with Gasteiger partial charge in [-0.15, -0.1) is 0 Å². The van der Waals surface area contributed by atoms with E-state index < -0.39 is 9.84 Å². The molecular formula is C18H25N5O2S. The summed E-state index contributed by atoms with van der Waals surface area (Å²) in [4.78, 5) is 4.81. The molecule has 0 aromatic heterocycles. The Morgan fingerprint density at radius 1 is 1.31 bits per heavy atom. The van der Waals surface area contributed by atoms with Crippen molar-refractivity contribution in [2.45, 2.75) is 23.8 Å². The SMILES string of the molecule is CS(=O)(=O)c1ccc(CCNC2=CC(C3=CCNCC3)N=C(N)N2)cc1. The lowest BCUT2D eigenvalue weighted by atomic mass is 10.0. The molecule has 0 radical (unpaired) electrons. The highest BCUT2D eigenvalue weighted by molar-refractivity contribution is 7.90. The van der Waals surface area contributed by atoms with Crippen LogP contribution in [0.4, 0.5) is 0 Å². The predicted molar refractivity (Wildman–Crippen MR) is 103 cm³/mol. The van der Waals surface area contributed by atoms with Crippen LogP contribution in [0.1, 0.15) is 12.0 Å². The largest absolute Gasteiger partial charge is 0.371 e. The van der Waals surface area contributed by atoms with Gasteiger partial charge in [-0.3, -0.25) is 0 Å². The first kappa shape index (κ1) is 18.5. The fraction of sp³-hybridized carbons (Fsp3) is 0.389. The third-order valence-corrected chi connectivity index (χ3v) is 5.55. The van der Waals surface area contributed by atoms with E-state index in [1.54, 1.807) is 12.1 Å². The molecule has 1 atom stereocenters. The van der Waals surface area contributed by atoms with Gasteiger partial charge in [0.15, 0.2) is 15.8 Å². The first-order valence-electron chi connectivity index (χ1n) is 8.66. The zero-order valence-corrected chi connectivity index (χ0v) is 15.6. The minimum atomic E-state index is -3.15. The van der Waals surface area contributed by atoms with Gasteiger partial charge in [0.05, 0.1) is 10.9 Å². The summed E-state index contributed by atoms with van der Waals surface area (Å²) in [5.74, 6) is 1.27. The average molecular weight is 375 g/mol. The number of sulfone groups is 1. The Balaban J connectivity index is 1.57. The van der Waals surface area contributed by atoms with E-state index in [9.17, 15) is 8.42 Å². The lowest BCUT2D eigenvalue weighted by Crippen LogP contribution is -2.42. The molecule has 0 saturated carbocycles. The van der Waals surface area contributed by atoms with Crippen molar-refractivity contribution in [1.29, 1.82) is 0 Å². The Bertz CT molecular complexity index is 841. The highest BCUT2D eigenvalue weighted by Gasteiger charge is 2.18. The van der Waals surface area contributed by atoms with Gasteiger partial charge in [-0.1, -0.05) is 18.2 Å². The number of rotatable bonds is 6. The topological polar surface area (TPSA) is 109 Å². The molecule has 1 unspecified atom stereocenters. The molecule has 1 aromatic carbocycles. The smallest absolute Gasteiger partial charge is 0.195 e. The number of hydrogen-bond donors (Lipinski definition) is 4. The zero-order chi connectivity index (χ0) is 18.6. The molecule has 0 bridgehead atoms. The number of nitrogens with two attached hydrogens (primary N) is 1. The molecular weight excluding hydrogens is 350 g/mol. The van der Waals surface area contributed by atoms with Crippen molar-refractivity contribution >= 4 is 15.8 Å². The lowest BCUT2D eigenvalue weighted by Gasteiger charge is -2.24. The summed E-state index contributed by atoms with van der Waals surface area (Å²) < 4.78 is 23.0. The Kier molecular flexibility index (Phi) is 5.63. The van der Waals surface area contributed by atoms with Gasteiger partial charge >= 0.3 is 0 Å². The fourth-order valence-corrected chi connectivity index (χ4v) is 3.63. The Morgan fingerprint density at radius 2 is 2.08 bits per heavy atom. The van der Waals surface area contributed by atoms with Crippen molar-refractivity contribution in [2.75, 3.05) is 25.9 Å². The van der Waals surface area contributed by atoms with Crippen LogP contribution in [-0.4, -0.2) is 46.3 Å². The second kappa shape index (κ2) is 7.92. The van der Waals surface area contributed by atoms with Crippen molar-refractivity contribution in [3.8, 4) is 0 Å². The zero-order valence-electron chi connectivity index (χ0n) is 14.8. The van der Waals surface area contributed by atoms with Crippen LogP contribution in [0.2, 0.25) is 0 Å². The second-order valence-corrected chi connectivity index (χ2v) is 8.51. The van der Waals surface area contributed by atoms with E-state index in [1.165, 1.54) is 11.8 Å². The maximum absolute atomic E-state index is 11.5. The summed E-state index contributed by atoms with van der Waals surface area (Å²) in [6.45, 7) is 2.54. The van der Waals surface area contributed by atoms with Gasteiger partial charge in [0.1, 0.15) is 5.82 Å². The van der Waals surface area contributed by atoms with Gasteiger partial charge in [0.2, 0.25) is 0 Å². The van der Waals surface area contributed by atoms with Crippen LogP contribution < -0.4 is 21.7 Å². The van der Waals surface area contributed by atoms with E-state index in [0.29, 0.717) is 17.4 Å². The van der Waals surface area contributed by atoms with Crippen LogP contribution in [0.25, 0.3) is 0 Å². The summed E-state index contributed by atoms with van der Waals surface area (Å²) >= 11 is 0. The van der Waals surface area contributed by atoms with E-state index in [0.717, 1.165) is 37.3 Å². The predicted octanol–water partition coefficient (Wildman–Crippen LogP) is 0.270. The molecule has 26 heavy (non-hydrogen) atoms. The van der Waals surface area contributed by atoms with Crippen LogP contribution in [-0.2, 0) is 16.3 Å². The Labute approximate surface area is 154 Å². The van der Waals surface area contributed by atoms with Gasteiger partial charge in [-0.05, 0) is 48.7 Å². The highest BCUT2D eigenvalue weighted by atomic mass is 32.2. The molecule has 140 valence electrons. The molecule has 0 aliphatic carbocycles. The highest BCUT2D eigenvalue weighted by Crippen LogP contribution is 2.17. The van der Waals surface area contributed by atoms with Crippen molar-refractivity contribution < 1.29 is 8.42 Å². The molecule has 0 fully saturated rings. The van der Waals surface area contributed by atoms with Gasteiger partial charge in [-0.25, -0.2) is 13.4 Å². The van der Waals surface area contributed by atoms with Crippen molar-refractivity contribution in [1.82, 2.24) is 16.0 Å². The summed E-state index contributed by atoms with van der Waals surface area (Å²) in [5, 5.41) is 9.69. The maximum Gasteiger partial charge on any atom is 0.195 e. The molecule has 2 aliphatic heterocycles. The summed E-state index contributed by atoms with van der Waals surface area (Å²) in [7, 11) is -3.15. The normalized spacial score (nSPS) is 20.5. The molecule has 7 nitrogen and oxygen atoms in total. The second-order valence-electron chi connectivity index (χ2n) is 6.49. The van der Waals surface area contributed by atoms with E-state index in [1.807, 2.05) is 12.1 Å². The van der Waals surface area contributed by atoms with Crippen LogP contribution in [0.15, 0.2) is 57.7 Å². The summed E-state index contributed by atoms with van der Waals surface area (Å²) in [6.07, 6.45) is 7.19. The number of hydrogen-bond acceptors (Lipinski definition) is 7. The number of nitrogens with zero attached hydrogens (tertiary/aromatic N) is 1. The van der Waals surface area contributed by atoms with Gasteiger partial charge in [-0.2, -0.15) is 0 Å². The summed E-state index contributed by atoms with van der Waals surface area (Å²) in [5.41, 5.74) is 8.27. The lowest BCUT2D eigenvalue weighted by molar-refractivity contribution is 0.602. The molecule has 0 amide bonds. The third kappa shape index (κ3) is 4.86. The quantitative estimate of drug-likeness (QED) is 0.532. The molecule has 1 aromatic rings. The van der Waals surface area contributed by atoms with E-state index in [4.69, 9.17) is 5.73 Å². The van der Waals surface area contributed by atoms with Crippen LogP contribution in [0.5, 0.6) is 0 Å². The molecule has 3 rings (SSSR count). The molecule has 2 heterocycles. The number of guanidine groups is 1. The summed E-state index contributed by atoms with van der Waals surface area (Å²) in [6, 6.07) is 6.97. The Hall–Kier alpha value is -2.32. The molecule has 0 saturated heterocycles. The van der Waals surface area contributed by atoms with Crippen molar-refractivity contribution in [3.63, 3.8) is 0 Å². The molecule has 5 N–H and O–H groups in total. The molecule has 2 aliphatic rings. The molecule has 8 heteroatoms. The monoisotopic (exact) mass is 375 g/mol. The number of nitrogens with one attached hydrogen (secondary N) is 3. The van der Waals surface area contributed by atoms with Crippen LogP contribution in [0.3, 0.4) is 0 Å². The third-order valence-electron chi connectivity index (χ3n) is 4.43.